The number of hydrogen-bond donors (Lipinski definition) is 1. The summed E-state index contributed by atoms with van der Waals surface area (Å²) in [5.74, 6) is 0.388. The maximum atomic E-state index is 12.8. The number of hydrogen-bond acceptors (Lipinski definition) is 3. The van der Waals surface area contributed by atoms with Gasteiger partial charge in [0.05, 0.1) is 33.7 Å². The fourth-order valence-corrected chi connectivity index (χ4v) is 3.26. The van der Waals surface area contributed by atoms with Crippen molar-refractivity contribution in [3.05, 3.63) is 60.5 Å². The zero-order valence-corrected chi connectivity index (χ0v) is 14.8. The zero-order valence-electron chi connectivity index (χ0n) is 11.7. The summed E-state index contributed by atoms with van der Waals surface area (Å²) in [6, 6.07) is 8.01. The minimum atomic E-state index is -0.336. The van der Waals surface area contributed by atoms with Crippen LogP contribution in [0.25, 0.3) is 16.6 Å². The van der Waals surface area contributed by atoms with Gasteiger partial charge in [0.25, 0.3) is 5.56 Å². The number of nitrogens with one attached hydrogen (secondary N) is 1. The molecule has 118 valence electrons. The molecule has 1 N–H and O–H groups in total. The van der Waals surface area contributed by atoms with Gasteiger partial charge in [-0.15, -0.1) is 0 Å². The predicted molar refractivity (Wildman–Crippen MR) is 96.3 cm³/mol. The molecule has 0 aliphatic heterocycles. The lowest BCUT2D eigenvalue weighted by Gasteiger charge is -2.12. The van der Waals surface area contributed by atoms with E-state index in [1.807, 2.05) is 0 Å². The summed E-state index contributed by atoms with van der Waals surface area (Å²) in [6.07, 6.45) is 0. The van der Waals surface area contributed by atoms with Crippen LogP contribution in [-0.2, 0) is 0 Å². The van der Waals surface area contributed by atoms with Crippen molar-refractivity contribution < 1.29 is 4.74 Å². The maximum Gasteiger partial charge on any atom is 0.266 e. The van der Waals surface area contributed by atoms with E-state index in [1.54, 1.807) is 24.3 Å². The Kier molecular flexibility index (Phi) is 4.38. The van der Waals surface area contributed by atoms with Gasteiger partial charge in [-0.2, -0.15) is 0 Å². The molecule has 2 aromatic carbocycles. The Bertz CT molecular complexity index is 1040. The van der Waals surface area contributed by atoms with Crippen LogP contribution in [0.4, 0.5) is 0 Å². The van der Waals surface area contributed by atoms with Crippen molar-refractivity contribution in [1.82, 2.24) is 9.55 Å². The van der Waals surface area contributed by atoms with Crippen molar-refractivity contribution in [2.45, 2.75) is 0 Å². The van der Waals surface area contributed by atoms with E-state index in [0.717, 1.165) is 0 Å². The van der Waals surface area contributed by atoms with E-state index >= 15 is 0 Å². The van der Waals surface area contributed by atoms with E-state index in [2.05, 4.69) is 4.98 Å². The molecule has 0 saturated heterocycles. The summed E-state index contributed by atoms with van der Waals surface area (Å²) in [5.41, 5.74) is 0.635. The summed E-state index contributed by atoms with van der Waals surface area (Å²) in [4.78, 5) is 15.8. The molecule has 0 unspecified atom stereocenters. The van der Waals surface area contributed by atoms with Gasteiger partial charge >= 0.3 is 0 Å². The highest BCUT2D eigenvalue weighted by Crippen LogP contribution is 2.32. The molecule has 23 heavy (non-hydrogen) atoms. The Hall–Kier alpha value is -1.53. The molecule has 1 aromatic heterocycles. The third-order valence-corrected chi connectivity index (χ3v) is 4.44. The first-order chi connectivity index (χ1) is 10.9. The highest BCUT2D eigenvalue weighted by molar-refractivity contribution is 7.71. The van der Waals surface area contributed by atoms with Gasteiger partial charge in [0.1, 0.15) is 5.75 Å². The van der Waals surface area contributed by atoms with Crippen molar-refractivity contribution in [3.8, 4) is 11.4 Å². The highest BCUT2D eigenvalue weighted by atomic mass is 35.5. The highest BCUT2D eigenvalue weighted by Gasteiger charge is 2.14. The first-order valence-corrected chi connectivity index (χ1v) is 7.94. The quantitative estimate of drug-likeness (QED) is 0.628. The van der Waals surface area contributed by atoms with Crippen LogP contribution in [0.15, 0.2) is 35.1 Å². The van der Waals surface area contributed by atoms with E-state index < -0.39 is 0 Å². The van der Waals surface area contributed by atoms with Gasteiger partial charge in [-0.05, 0) is 36.5 Å². The molecule has 0 bridgehead atoms. The summed E-state index contributed by atoms with van der Waals surface area (Å²) < 4.78 is 6.67. The van der Waals surface area contributed by atoms with Gasteiger partial charge < -0.3 is 9.72 Å². The van der Waals surface area contributed by atoms with Crippen LogP contribution in [0, 0.1) is 4.77 Å². The first-order valence-electron chi connectivity index (χ1n) is 6.40. The molecule has 0 saturated carbocycles. The monoisotopic (exact) mass is 386 g/mol. The fraction of sp³-hybridized carbons (Fsp3) is 0.0667. The van der Waals surface area contributed by atoms with Crippen LogP contribution in [0.3, 0.4) is 0 Å². The van der Waals surface area contributed by atoms with Gasteiger partial charge in [-0.1, -0.05) is 34.8 Å². The minimum absolute atomic E-state index is 0.205. The Labute approximate surface area is 151 Å². The average Bonchev–Trinajstić information content (AvgIpc) is 2.50. The summed E-state index contributed by atoms with van der Waals surface area (Å²) in [7, 11) is 1.47. The maximum absolute atomic E-state index is 12.8. The summed E-state index contributed by atoms with van der Waals surface area (Å²) in [5, 5.41) is 1.47. The molecule has 0 spiro atoms. The molecule has 0 radical (unpaired) electrons. The van der Waals surface area contributed by atoms with Crippen molar-refractivity contribution >= 4 is 57.9 Å². The number of methoxy groups -OCH3 is 1. The van der Waals surface area contributed by atoms with Crippen LogP contribution in [0.1, 0.15) is 0 Å². The summed E-state index contributed by atoms with van der Waals surface area (Å²) >= 11 is 23.5. The second-order valence-corrected chi connectivity index (χ2v) is 6.34. The number of aromatic amines is 1. The molecule has 1 heterocycles. The van der Waals surface area contributed by atoms with Crippen molar-refractivity contribution in [3.63, 3.8) is 0 Å². The Morgan fingerprint density at radius 1 is 1.13 bits per heavy atom. The number of benzene rings is 2. The normalized spacial score (nSPS) is 11.0. The SMILES string of the molecule is COc1cc(-n2c(=S)[nH]c3ccc(Cl)cc3c2=O)c(Cl)cc1Cl. The van der Waals surface area contributed by atoms with E-state index in [9.17, 15) is 4.79 Å². The first kappa shape index (κ1) is 16.3. The number of ether oxygens (including phenoxy) is 1. The molecule has 0 aliphatic rings. The van der Waals surface area contributed by atoms with E-state index in [4.69, 9.17) is 51.8 Å². The van der Waals surface area contributed by atoms with Gasteiger partial charge in [0.2, 0.25) is 0 Å². The van der Waals surface area contributed by atoms with E-state index in [-0.39, 0.29) is 15.4 Å². The van der Waals surface area contributed by atoms with E-state index in [1.165, 1.54) is 17.7 Å². The minimum Gasteiger partial charge on any atom is -0.495 e. The third kappa shape index (κ3) is 2.85. The molecule has 4 nitrogen and oxygen atoms in total. The third-order valence-electron chi connectivity index (χ3n) is 3.32. The van der Waals surface area contributed by atoms with E-state index in [0.29, 0.717) is 32.4 Å². The van der Waals surface area contributed by atoms with Gasteiger partial charge in [0, 0.05) is 11.1 Å². The predicted octanol–water partition coefficient (Wildman–Crippen LogP) is 5.02. The lowest BCUT2D eigenvalue weighted by molar-refractivity contribution is 0.415. The van der Waals surface area contributed by atoms with Crippen LogP contribution in [0.5, 0.6) is 5.75 Å². The molecule has 3 aromatic rings. The largest absolute Gasteiger partial charge is 0.495 e. The lowest BCUT2D eigenvalue weighted by atomic mass is 10.2. The topological polar surface area (TPSA) is 47.0 Å². The molecule has 0 amide bonds. The molecule has 3 rings (SSSR count). The zero-order chi connectivity index (χ0) is 16.7. The summed E-state index contributed by atoms with van der Waals surface area (Å²) in [6.45, 7) is 0. The molecule has 0 fully saturated rings. The molecular formula is C15H9Cl3N2O2S. The smallest absolute Gasteiger partial charge is 0.266 e. The number of rotatable bonds is 2. The van der Waals surface area contributed by atoms with Crippen molar-refractivity contribution in [1.29, 1.82) is 0 Å². The molecular weight excluding hydrogens is 379 g/mol. The van der Waals surface area contributed by atoms with Gasteiger partial charge in [0.15, 0.2) is 4.77 Å². The number of H-pyrrole nitrogens is 1. The molecule has 0 atom stereocenters. The number of fused-ring (bicyclic) bond motifs is 1. The molecule has 8 heteroatoms. The van der Waals surface area contributed by atoms with Crippen LogP contribution >= 0.6 is 47.0 Å². The van der Waals surface area contributed by atoms with Crippen molar-refractivity contribution in [2.24, 2.45) is 0 Å². The van der Waals surface area contributed by atoms with Gasteiger partial charge in [-0.25, -0.2) is 0 Å². The molecule has 0 aliphatic carbocycles. The van der Waals surface area contributed by atoms with Crippen LogP contribution in [0.2, 0.25) is 15.1 Å². The second-order valence-electron chi connectivity index (χ2n) is 4.70. The number of halogens is 3. The Morgan fingerprint density at radius 3 is 2.57 bits per heavy atom. The number of nitrogens with zero attached hydrogens (tertiary/aromatic N) is 1. The fourth-order valence-electron chi connectivity index (χ4n) is 2.25. The van der Waals surface area contributed by atoms with Gasteiger partial charge in [-0.3, -0.25) is 9.36 Å². The van der Waals surface area contributed by atoms with Crippen molar-refractivity contribution in [2.75, 3.05) is 7.11 Å². The Balaban J connectivity index is 2.41. The van der Waals surface area contributed by atoms with Crippen LogP contribution in [-0.4, -0.2) is 16.7 Å². The second kappa shape index (κ2) is 6.17. The average molecular weight is 388 g/mol. The number of aromatic nitrogens is 2. The standard InChI is InChI=1S/C15H9Cl3N2O2S/c1-22-13-6-12(9(17)5-10(13)18)20-14(21)8-4-7(16)2-3-11(8)19-15(20)23/h2-6H,1H3,(H,19,23). The lowest BCUT2D eigenvalue weighted by Crippen LogP contribution is -2.21. The Morgan fingerprint density at radius 2 is 1.87 bits per heavy atom. The van der Waals surface area contributed by atoms with Crippen LogP contribution < -0.4 is 10.3 Å².